The molecule has 31 heavy (non-hydrogen) atoms. The van der Waals surface area contributed by atoms with Gasteiger partial charge in [0.1, 0.15) is 11.4 Å². The van der Waals surface area contributed by atoms with E-state index in [0.717, 1.165) is 41.8 Å². The van der Waals surface area contributed by atoms with Crippen LogP contribution in [0.4, 0.5) is 5.69 Å². The molecule has 2 aliphatic rings. The number of carbonyl (C=O) groups is 1. The number of hydrogen-bond donors (Lipinski definition) is 1. The largest absolute Gasteiger partial charge is 0.497 e. The summed E-state index contributed by atoms with van der Waals surface area (Å²) >= 11 is 0. The Balaban J connectivity index is 1.51. The van der Waals surface area contributed by atoms with Crippen molar-refractivity contribution in [3.63, 3.8) is 0 Å². The molecule has 2 heterocycles. The molecule has 3 aromatic rings. The lowest BCUT2D eigenvalue weighted by atomic mass is 9.95. The Bertz CT molecular complexity index is 1150. The monoisotopic (exact) mass is 418 g/mol. The summed E-state index contributed by atoms with van der Waals surface area (Å²) in [6.45, 7) is 2.92. The van der Waals surface area contributed by atoms with Gasteiger partial charge in [-0.05, 0) is 73.6 Å². The molecule has 160 valence electrons. The van der Waals surface area contributed by atoms with Crippen LogP contribution in [0.25, 0.3) is 0 Å². The van der Waals surface area contributed by atoms with E-state index in [9.17, 15) is 4.79 Å². The van der Waals surface area contributed by atoms with Crippen molar-refractivity contribution in [1.29, 1.82) is 0 Å². The summed E-state index contributed by atoms with van der Waals surface area (Å²) < 4.78 is 18.4. The highest BCUT2D eigenvalue weighted by Crippen LogP contribution is 2.35. The number of aromatic nitrogens is 1. The lowest BCUT2D eigenvalue weighted by molar-refractivity contribution is 0.101. The normalized spacial score (nSPS) is 14.3. The fraction of sp³-hybridized carbons (Fsp3) is 0.320. The van der Waals surface area contributed by atoms with E-state index < -0.39 is 0 Å². The van der Waals surface area contributed by atoms with E-state index in [4.69, 9.17) is 14.2 Å². The van der Waals surface area contributed by atoms with Crippen LogP contribution in [0.3, 0.4) is 0 Å². The minimum absolute atomic E-state index is 0.103. The first kappa shape index (κ1) is 19.5. The third-order valence-electron chi connectivity index (χ3n) is 6.16. The number of benzene rings is 2. The van der Waals surface area contributed by atoms with Gasteiger partial charge in [0, 0.05) is 24.0 Å². The Kier molecular flexibility index (Phi) is 5.06. The van der Waals surface area contributed by atoms with Gasteiger partial charge in [0.15, 0.2) is 11.5 Å². The number of fused-ring (bicyclic) bond motifs is 2. The van der Waals surface area contributed by atoms with Gasteiger partial charge in [0.2, 0.25) is 6.79 Å². The van der Waals surface area contributed by atoms with Gasteiger partial charge in [0.25, 0.3) is 5.91 Å². The topological polar surface area (TPSA) is 61.7 Å². The van der Waals surface area contributed by atoms with Crippen molar-refractivity contribution < 1.29 is 19.0 Å². The molecule has 6 nitrogen and oxygen atoms in total. The predicted molar refractivity (Wildman–Crippen MR) is 118 cm³/mol. The van der Waals surface area contributed by atoms with Gasteiger partial charge in [-0.3, -0.25) is 4.79 Å². The van der Waals surface area contributed by atoms with Gasteiger partial charge in [0.05, 0.1) is 7.11 Å². The lowest BCUT2D eigenvalue weighted by Crippen LogP contribution is -2.20. The first-order chi connectivity index (χ1) is 15.1. The molecule has 1 N–H and O–H groups in total. The van der Waals surface area contributed by atoms with E-state index in [1.807, 2.05) is 36.4 Å². The van der Waals surface area contributed by atoms with Crippen LogP contribution in [0.2, 0.25) is 0 Å². The van der Waals surface area contributed by atoms with Gasteiger partial charge in [-0.15, -0.1) is 0 Å². The van der Waals surface area contributed by atoms with Crippen LogP contribution in [0.15, 0.2) is 42.5 Å². The summed E-state index contributed by atoms with van der Waals surface area (Å²) in [4.78, 5) is 13.5. The summed E-state index contributed by atoms with van der Waals surface area (Å²) in [5.41, 5.74) is 6.22. The average Bonchev–Trinajstić information content (AvgIpc) is 3.36. The standard InChI is InChI=1S/C25H26N2O4/c1-16-20-8-3-4-9-21(20)27(14-17-6-5-7-19(12-17)29-2)24(16)25(28)26-18-10-11-22-23(13-18)31-15-30-22/h5-7,10-13H,3-4,8-9,14-15H2,1-2H3,(H,26,28). The third kappa shape index (κ3) is 3.63. The van der Waals surface area contributed by atoms with E-state index in [-0.39, 0.29) is 12.7 Å². The van der Waals surface area contributed by atoms with Crippen molar-refractivity contribution in [3.05, 3.63) is 70.5 Å². The number of rotatable bonds is 5. The number of ether oxygens (including phenoxy) is 3. The molecule has 6 heteroatoms. The molecule has 5 rings (SSSR count). The maximum Gasteiger partial charge on any atom is 0.272 e. The van der Waals surface area contributed by atoms with E-state index in [1.54, 1.807) is 7.11 Å². The molecular formula is C25H26N2O4. The van der Waals surface area contributed by atoms with Gasteiger partial charge in [-0.1, -0.05) is 12.1 Å². The SMILES string of the molecule is COc1cccc(Cn2c3c(c(C)c2C(=O)Nc2ccc4c(c2)OCO4)CCCC3)c1. The van der Waals surface area contributed by atoms with Crippen LogP contribution in [-0.4, -0.2) is 24.4 Å². The zero-order valence-electron chi connectivity index (χ0n) is 17.9. The molecule has 0 unspecified atom stereocenters. The molecule has 0 atom stereocenters. The quantitative estimate of drug-likeness (QED) is 0.652. The number of carbonyl (C=O) groups excluding carboxylic acids is 1. The third-order valence-corrected chi connectivity index (χ3v) is 6.16. The summed E-state index contributed by atoms with van der Waals surface area (Å²) in [6, 6.07) is 13.5. The highest BCUT2D eigenvalue weighted by molar-refractivity contribution is 6.05. The van der Waals surface area contributed by atoms with Crippen molar-refractivity contribution in [3.8, 4) is 17.2 Å². The number of amides is 1. The average molecular weight is 418 g/mol. The number of nitrogens with one attached hydrogen (secondary N) is 1. The molecule has 1 aliphatic carbocycles. The van der Waals surface area contributed by atoms with Crippen LogP contribution in [-0.2, 0) is 19.4 Å². The minimum Gasteiger partial charge on any atom is -0.497 e. The first-order valence-corrected chi connectivity index (χ1v) is 10.7. The predicted octanol–water partition coefficient (Wildman–Crippen LogP) is 4.71. The second-order valence-corrected chi connectivity index (χ2v) is 8.07. The highest BCUT2D eigenvalue weighted by atomic mass is 16.7. The van der Waals surface area contributed by atoms with Crippen molar-refractivity contribution in [1.82, 2.24) is 4.57 Å². The maximum absolute atomic E-state index is 13.5. The summed E-state index contributed by atoms with van der Waals surface area (Å²) in [7, 11) is 1.67. The molecule has 0 fully saturated rings. The molecule has 0 saturated carbocycles. The minimum atomic E-state index is -0.103. The Labute approximate surface area is 181 Å². The molecule has 0 saturated heterocycles. The van der Waals surface area contributed by atoms with Gasteiger partial charge < -0.3 is 24.1 Å². The molecule has 0 spiro atoms. The number of anilines is 1. The maximum atomic E-state index is 13.5. The first-order valence-electron chi connectivity index (χ1n) is 10.7. The highest BCUT2D eigenvalue weighted by Gasteiger charge is 2.26. The van der Waals surface area contributed by atoms with Crippen LogP contribution < -0.4 is 19.5 Å². The Morgan fingerprint density at radius 2 is 1.94 bits per heavy atom. The second kappa shape index (κ2) is 8.02. The van der Waals surface area contributed by atoms with Crippen LogP contribution in [0.1, 0.15) is 45.7 Å². The van der Waals surface area contributed by atoms with Crippen molar-refractivity contribution in [2.45, 2.75) is 39.2 Å². The van der Waals surface area contributed by atoms with Crippen molar-refractivity contribution >= 4 is 11.6 Å². The molecular weight excluding hydrogens is 392 g/mol. The van der Waals surface area contributed by atoms with Gasteiger partial charge in [-0.25, -0.2) is 0 Å². The Morgan fingerprint density at radius 1 is 1.10 bits per heavy atom. The van der Waals surface area contributed by atoms with Crippen molar-refractivity contribution in [2.24, 2.45) is 0 Å². The molecule has 2 aromatic carbocycles. The Hall–Kier alpha value is -3.41. The molecule has 1 aromatic heterocycles. The van der Waals surface area contributed by atoms with Gasteiger partial charge >= 0.3 is 0 Å². The van der Waals surface area contributed by atoms with E-state index >= 15 is 0 Å². The molecule has 1 aliphatic heterocycles. The molecule has 1 amide bonds. The number of nitrogens with zero attached hydrogens (tertiary/aromatic N) is 1. The zero-order chi connectivity index (χ0) is 21.4. The van der Waals surface area contributed by atoms with Crippen LogP contribution >= 0.6 is 0 Å². The van der Waals surface area contributed by atoms with E-state index in [2.05, 4.69) is 22.9 Å². The molecule has 0 radical (unpaired) electrons. The van der Waals surface area contributed by atoms with E-state index in [0.29, 0.717) is 23.7 Å². The smallest absolute Gasteiger partial charge is 0.272 e. The molecule has 0 bridgehead atoms. The van der Waals surface area contributed by atoms with Crippen LogP contribution in [0.5, 0.6) is 17.2 Å². The number of methoxy groups -OCH3 is 1. The van der Waals surface area contributed by atoms with Crippen LogP contribution in [0, 0.1) is 6.92 Å². The zero-order valence-corrected chi connectivity index (χ0v) is 17.9. The Morgan fingerprint density at radius 3 is 2.81 bits per heavy atom. The fourth-order valence-corrected chi connectivity index (χ4v) is 4.66. The van der Waals surface area contributed by atoms with Gasteiger partial charge in [-0.2, -0.15) is 0 Å². The summed E-state index contributed by atoms with van der Waals surface area (Å²) in [6.07, 6.45) is 4.34. The second-order valence-electron chi connectivity index (χ2n) is 8.07. The summed E-state index contributed by atoms with van der Waals surface area (Å²) in [5.74, 6) is 2.07. The number of hydrogen-bond acceptors (Lipinski definition) is 4. The summed E-state index contributed by atoms with van der Waals surface area (Å²) in [5, 5.41) is 3.07. The van der Waals surface area contributed by atoms with E-state index in [1.165, 1.54) is 17.7 Å². The fourth-order valence-electron chi connectivity index (χ4n) is 4.66. The van der Waals surface area contributed by atoms with Crippen molar-refractivity contribution in [2.75, 3.05) is 19.2 Å². The lowest BCUT2D eigenvalue weighted by Gasteiger charge is -2.17.